The van der Waals surface area contributed by atoms with Gasteiger partial charge in [0.2, 0.25) is 12.7 Å². The number of rotatable bonds is 7. The number of carbonyl (C=O) groups excluding carboxylic acids is 1. The molecule has 2 aromatic rings. The maximum Gasteiger partial charge on any atom is 0.236 e. The molecule has 7 heteroatoms. The summed E-state index contributed by atoms with van der Waals surface area (Å²) < 4.78 is 24.4. The first-order valence-corrected chi connectivity index (χ1v) is 10.0. The molecule has 0 spiro atoms. The zero-order valence-electron chi connectivity index (χ0n) is 16.4. The van der Waals surface area contributed by atoms with Crippen molar-refractivity contribution >= 4 is 5.91 Å². The van der Waals surface area contributed by atoms with Crippen LogP contribution >= 0.6 is 0 Å². The van der Waals surface area contributed by atoms with Gasteiger partial charge in [0.15, 0.2) is 11.5 Å². The highest BCUT2D eigenvalue weighted by Gasteiger charge is 2.21. The highest BCUT2D eigenvalue weighted by molar-refractivity contribution is 5.78. The smallest absolute Gasteiger partial charge is 0.236 e. The normalized spacial score (nSPS) is 16.2. The maximum absolute atomic E-state index is 13.6. The Labute approximate surface area is 170 Å². The van der Waals surface area contributed by atoms with E-state index in [1.54, 1.807) is 12.1 Å². The molecule has 0 saturated carbocycles. The van der Waals surface area contributed by atoms with Crippen LogP contribution in [-0.4, -0.2) is 61.8 Å². The van der Waals surface area contributed by atoms with Gasteiger partial charge >= 0.3 is 0 Å². The van der Waals surface area contributed by atoms with Gasteiger partial charge in [-0.15, -0.1) is 0 Å². The predicted octanol–water partition coefficient (Wildman–Crippen LogP) is 2.03. The van der Waals surface area contributed by atoms with Gasteiger partial charge in [-0.2, -0.15) is 0 Å². The molecule has 6 nitrogen and oxygen atoms in total. The van der Waals surface area contributed by atoms with E-state index in [-0.39, 0.29) is 25.1 Å². The van der Waals surface area contributed by atoms with Crippen molar-refractivity contribution in [3.8, 4) is 11.5 Å². The summed E-state index contributed by atoms with van der Waals surface area (Å²) in [6.07, 6.45) is 0.573. The quantitative estimate of drug-likeness (QED) is 0.722. The number of fused-ring (bicyclic) bond motifs is 1. The third kappa shape index (κ3) is 5.05. The van der Waals surface area contributed by atoms with Crippen LogP contribution in [0.5, 0.6) is 11.5 Å². The van der Waals surface area contributed by atoms with Crippen LogP contribution in [0, 0.1) is 5.82 Å². The number of carbonyl (C=O) groups is 1. The summed E-state index contributed by atoms with van der Waals surface area (Å²) in [5, 5.41) is 3.14. The lowest BCUT2D eigenvalue weighted by Crippen LogP contribution is -2.50. The van der Waals surface area contributed by atoms with Crippen LogP contribution in [0.1, 0.15) is 11.1 Å². The van der Waals surface area contributed by atoms with Crippen molar-refractivity contribution in [3.63, 3.8) is 0 Å². The molecule has 2 aliphatic rings. The summed E-state index contributed by atoms with van der Waals surface area (Å²) in [6.45, 7) is 5.11. The molecule has 4 rings (SSSR count). The number of halogens is 1. The van der Waals surface area contributed by atoms with Crippen LogP contribution in [0.2, 0.25) is 0 Å². The Morgan fingerprint density at radius 2 is 1.83 bits per heavy atom. The van der Waals surface area contributed by atoms with Gasteiger partial charge in [0.05, 0.1) is 6.54 Å². The summed E-state index contributed by atoms with van der Waals surface area (Å²) in [4.78, 5) is 16.6. The molecule has 154 valence electrons. The maximum atomic E-state index is 13.6. The van der Waals surface area contributed by atoms with E-state index in [0.717, 1.165) is 44.2 Å². The van der Waals surface area contributed by atoms with E-state index in [2.05, 4.69) is 16.3 Å². The SMILES string of the molecule is O=C(CNCCc1ccccc1F)N1CCN(Cc2ccc3c(c2)OCO3)CC1. The molecule has 0 aliphatic carbocycles. The largest absolute Gasteiger partial charge is 0.454 e. The van der Waals surface area contributed by atoms with Gasteiger partial charge in [-0.05, 0) is 42.3 Å². The molecule has 0 aromatic heterocycles. The van der Waals surface area contributed by atoms with Crippen molar-refractivity contribution in [2.75, 3.05) is 46.1 Å². The van der Waals surface area contributed by atoms with E-state index in [0.29, 0.717) is 18.5 Å². The van der Waals surface area contributed by atoms with E-state index in [1.165, 1.54) is 11.6 Å². The first-order chi connectivity index (χ1) is 14.2. The highest BCUT2D eigenvalue weighted by Crippen LogP contribution is 2.32. The van der Waals surface area contributed by atoms with Gasteiger partial charge in [-0.25, -0.2) is 4.39 Å². The minimum absolute atomic E-state index is 0.0984. The van der Waals surface area contributed by atoms with Crippen molar-refractivity contribution in [3.05, 3.63) is 59.4 Å². The van der Waals surface area contributed by atoms with Crippen molar-refractivity contribution in [1.82, 2.24) is 15.1 Å². The van der Waals surface area contributed by atoms with Crippen LogP contribution in [0.25, 0.3) is 0 Å². The number of piperazine rings is 1. The molecule has 2 aliphatic heterocycles. The number of nitrogens with one attached hydrogen (secondary N) is 1. The molecule has 2 aromatic carbocycles. The number of ether oxygens (including phenoxy) is 2. The number of hydrogen-bond donors (Lipinski definition) is 1. The number of hydrogen-bond acceptors (Lipinski definition) is 5. The van der Waals surface area contributed by atoms with Crippen LogP contribution < -0.4 is 14.8 Å². The third-order valence-electron chi connectivity index (χ3n) is 5.37. The van der Waals surface area contributed by atoms with Crippen LogP contribution in [0.3, 0.4) is 0 Å². The second-order valence-electron chi connectivity index (χ2n) is 7.36. The summed E-state index contributed by atoms with van der Waals surface area (Å²) >= 11 is 0. The van der Waals surface area contributed by atoms with Gasteiger partial charge in [-0.3, -0.25) is 9.69 Å². The molecule has 0 radical (unpaired) electrons. The van der Waals surface area contributed by atoms with E-state index >= 15 is 0 Å². The zero-order chi connectivity index (χ0) is 20.1. The zero-order valence-corrected chi connectivity index (χ0v) is 16.4. The lowest BCUT2D eigenvalue weighted by molar-refractivity contribution is -0.132. The molecular formula is C22H26FN3O3. The second-order valence-corrected chi connectivity index (χ2v) is 7.36. The first-order valence-electron chi connectivity index (χ1n) is 10.0. The van der Waals surface area contributed by atoms with Crippen LogP contribution in [0.4, 0.5) is 4.39 Å². The molecule has 1 N–H and O–H groups in total. The highest BCUT2D eigenvalue weighted by atomic mass is 19.1. The molecule has 1 saturated heterocycles. The molecule has 1 amide bonds. The van der Waals surface area contributed by atoms with Gasteiger partial charge in [-0.1, -0.05) is 24.3 Å². The van der Waals surface area contributed by atoms with Crippen molar-refractivity contribution in [2.45, 2.75) is 13.0 Å². The molecule has 0 unspecified atom stereocenters. The average molecular weight is 399 g/mol. The summed E-state index contributed by atoms with van der Waals surface area (Å²) in [5.74, 6) is 1.50. The molecule has 29 heavy (non-hydrogen) atoms. The topological polar surface area (TPSA) is 54.0 Å². The minimum atomic E-state index is -0.195. The van der Waals surface area contributed by atoms with E-state index in [4.69, 9.17) is 9.47 Å². The second kappa shape index (κ2) is 9.24. The summed E-state index contributed by atoms with van der Waals surface area (Å²) in [6, 6.07) is 12.8. The third-order valence-corrected chi connectivity index (χ3v) is 5.37. The Hall–Kier alpha value is -2.64. The fraction of sp³-hybridized carbons (Fsp3) is 0.409. The fourth-order valence-corrected chi connectivity index (χ4v) is 3.68. The molecule has 1 fully saturated rings. The number of nitrogens with zero attached hydrogens (tertiary/aromatic N) is 2. The van der Waals surface area contributed by atoms with Gasteiger partial charge in [0, 0.05) is 32.7 Å². The first kappa shape index (κ1) is 19.7. The summed E-state index contributed by atoms with van der Waals surface area (Å²) in [5.41, 5.74) is 1.86. The van der Waals surface area contributed by atoms with Crippen molar-refractivity contribution in [2.24, 2.45) is 0 Å². The Balaban J connectivity index is 1.16. The van der Waals surface area contributed by atoms with Crippen molar-refractivity contribution in [1.29, 1.82) is 0 Å². The predicted molar refractivity (Wildman–Crippen MR) is 107 cm³/mol. The average Bonchev–Trinajstić information content (AvgIpc) is 3.21. The van der Waals surface area contributed by atoms with E-state index in [9.17, 15) is 9.18 Å². The van der Waals surface area contributed by atoms with E-state index < -0.39 is 0 Å². The van der Waals surface area contributed by atoms with Gasteiger partial charge < -0.3 is 19.7 Å². The molecule has 0 bridgehead atoms. The monoisotopic (exact) mass is 399 g/mol. The standard InChI is InChI=1S/C22H26FN3O3/c23-19-4-2-1-3-18(19)7-8-24-14-22(27)26-11-9-25(10-12-26)15-17-5-6-20-21(13-17)29-16-28-20/h1-6,13,24H,7-12,14-16H2. The lowest BCUT2D eigenvalue weighted by atomic mass is 10.1. The molecular weight excluding hydrogens is 373 g/mol. The fourth-order valence-electron chi connectivity index (χ4n) is 3.68. The molecule has 2 heterocycles. The Kier molecular flexibility index (Phi) is 6.27. The Bertz CT molecular complexity index is 853. The Morgan fingerprint density at radius 3 is 2.66 bits per heavy atom. The minimum Gasteiger partial charge on any atom is -0.454 e. The van der Waals surface area contributed by atoms with Crippen LogP contribution in [-0.2, 0) is 17.8 Å². The van der Waals surface area contributed by atoms with Crippen molar-refractivity contribution < 1.29 is 18.7 Å². The van der Waals surface area contributed by atoms with Crippen LogP contribution in [0.15, 0.2) is 42.5 Å². The van der Waals surface area contributed by atoms with Gasteiger partial charge in [0.1, 0.15) is 5.82 Å². The number of amides is 1. The van der Waals surface area contributed by atoms with Gasteiger partial charge in [0.25, 0.3) is 0 Å². The molecule has 0 atom stereocenters. The van der Waals surface area contributed by atoms with E-state index in [1.807, 2.05) is 23.1 Å². The lowest BCUT2D eigenvalue weighted by Gasteiger charge is -2.34. The Morgan fingerprint density at radius 1 is 1.03 bits per heavy atom. The summed E-state index contributed by atoms with van der Waals surface area (Å²) in [7, 11) is 0. The number of benzene rings is 2.